The van der Waals surface area contributed by atoms with Crippen molar-refractivity contribution in [3.05, 3.63) is 46.7 Å². The highest BCUT2D eigenvalue weighted by atomic mass is 35.5. The second-order valence-electron chi connectivity index (χ2n) is 5.58. The second-order valence-corrected chi connectivity index (χ2v) is 8.31. The van der Waals surface area contributed by atoms with Gasteiger partial charge in [0.15, 0.2) is 10.3 Å². The number of nitrogens with zero attached hydrogens (tertiary/aromatic N) is 6. The molecule has 0 atom stereocenters. The van der Waals surface area contributed by atoms with Gasteiger partial charge in [-0.25, -0.2) is 9.97 Å². The molecular formula is C17H14Cl2N6OS2. The smallest absolute Gasteiger partial charge is 0.230 e. The Hall–Kier alpha value is -1.65. The Bertz CT molecular complexity index is 908. The first-order valence-electron chi connectivity index (χ1n) is 8.34. The summed E-state index contributed by atoms with van der Waals surface area (Å²) in [5.74, 6) is 0.586. The van der Waals surface area contributed by atoms with Crippen molar-refractivity contribution < 1.29 is 4.74 Å². The van der Waals surface area contributed by atoms with Crippen molar-refractivity contribution in [3.63, 3.8) is 0 Å². The van der Waals surface area contributed by atoms with Gasteiger partial charge in [0.05, 0.1) is 23.3 Å². The summed E-state index contributed by atoms with van der Waals surface area (Å²) < 4.78 is 5.43. The second kappa shape index (κ2) is 9.23. The van der Waals surface area contributed by atoms with Crippen LogP contribution in [0.5, 0.6) is 0 Å². The van der Waals surface area contributed by atoms with Crippen LogP contribution >= 0.6 is 46.7 Å². The summed E-state index contributed by atoms with van der Waals surface area (Å²) in [6.07, 6.45) is 3.36. The Morgan fingerprint density at radius 1 is 0.821 bits per heavy atom. The lowest BCUT2D eigenvalue weighted by molar-refractivity contribution is 0.122. The minimum atomic E-state index is 0.506. The summed E-state index contributed by atoms with van der Waals surface area (Å²) >= 11 is 15.1. The zero-order chi connectivity index (χ0) is 19.3. The third kappa shape index (κ3) is 4.84. The van der Waals surface area contributed by atoms with E-state index in [1.54, 1.807) is 36.7 Å². The van der Waals surface area contributed by atoms with Crippen LogP contribution in [-0.4, -0.2) is 51.2 Å². The molecule has 3 aromatic rings. The van der Waals surface area contributed by atoms with E-state index >= 15 is 0 Å². The minimum absolute atomic E-state index is 0.506. The Kier molecular flexibility index (Phi) is 6.48. The van der Waals surface area contributed by atoms with Crippen LogP contribution in [0.15, 0.2) is 57.0 Å². The number of morpholine rings is 1. The van der Waals surface area contributed by atoms with Crippen LogP contribution in [0.2, 0.25) is 10.0 Å². The fourth-order valence-corrected chi connectivity index (χ4v) is 4.34. The normalized spacial score (nSPS) is 14.3. The summed E-state index contributed by atoms with van der Waals surface area (Å²) in [6.45, 7) is 2.70. The van der Waals surface area contributed by atoms with Crippen molar-refractivity contribution in [2.24, 2.45) is 0 Å². The molecule has 0 saturated carbocycles. The summed E-state index contributed by atoms with van der Waals surface area (Å²) in [7, 11) is 0. The van der Waals surface area contributed by atoms with Crippen LogP contribution in [0, 0.1) is 0 Å². The average molecular weight is 453 g/mol. The predicted molar refractivity (Wildman–Crippen MR) is 110 cm³/mol. The van der Waals surface area contributed by atoms with Crippen molar-refractivity contribution in [2.75, 3.05) is 31.2 Å². The highest BCUT2D eigenvalue weighted by molar-refractivity contribution is 7.99. The molecule has 28 heavy (non-hydrogen) atoms. The maximum absolute atomic E-state index is 6.24. The number of anilines is 1. The van der Waals surface area contributed by atoms with E-state index in [1.807, 2.05) is 0 Å². The molecule has 1 aliphatic rings. The lowest BCUT2D eigenvalue weighted by Crippen LogP contribution is -2.37. The lowest BCUT2D eigenvalue weighted by atomic mass is 10.4. The maximum Gasteiger partial charge on any atom is 0.230 e. The van der Waals surface area contributed by atoms with Crippen molar-refractivity contribution in [2.45, 2.75) is 20.4 Å². The van der Waals surface area contributed by atoms with Gasteiger partial charge in [0.25, 0.3) is 0 Å². The number of aromatic nitrogens is 5. The van der Waals surface area contributed by atoms with E-state index in [2.05, 4.69) is 29.8 Å². The molecule has 1 fully saturated rings. The number of ether oxygens (including phenoxy) is 1. The molecular weight excluding hydrogens is 439 g/mol. The number of pyridine rings is 2. The molecule has 4 rings (SSSR count). The molecule has 0 radical (unpaired) electrons. The molecule has 11 heteroatoms. The van der Waals surface area contributed by atoms with E-state index in [-0.39, 0.29) is 0 Å². The van der Waals surface area contributed by atoms with Gasteiger partial charge in [-0.3, -0.25) is 0 Å². The quantitative estimate of drug-likeness (QED) is 0.567. The zero-order valence-corrected chi connectivity index (χ0v) is 17.6. The maximum atomic E-state index is 6.24. The third-order valence-corrected chi connectivity index (χ3v) is 6.30. The van der Waals surface area contributed by atoms with Crippen molar-refractivity contribution in [1.29, 1.82) is 0 Å². The fourth-order valence-electron chi connectivity index (χ4n) is 2.39. The monoisotopic (exact) mass is 452 g/mol. The molecule has 0 bridgehead atoms. The van der Waals surface area contributed by atoms with Crippen molar-refractivity contribution >= 4 is 52.7 Å². The van der Waals surface area contributed by atoms with E-state index in [0.29, 0.717) is 62.7 Å². The molecule has 0 unspecified atom stereocenters. The van der Waals surface area contributed by atoms with Crippen molar-refractivity contribution in [1.82, 2.24) is 24.9 Å². The van der Waals surface area contributed by atoms with Crippen LogP contribution in [-0.2, 0) is 4.74 Å². The number of hydrogen-bond acceptors (Lipinski definition) is 9. The van der Waals surface area contributed by atoms with E-state index in [9.17, 15) is 0 Å². The Morgan fingerprint density at radius 2 is 1.36 bits per heavy atom. The van der Waals surface area contributed by atoms with E-state index in [4.69, 9.17) is 27.9 Å². The van der Waals surface area contributed by atoms with Gasteiger partial charge in [-0.1, -0.05) is 23.2 Å². The molecule has 7 nitrogen and oxygen atoms in total. The molecule has 1 aliphatic heterocycles. The molecule has 0 aromatic carbocycles. The van der Waals surface area contributed by atoms with Gasteiger partial charge in [0, 0.05) is 25.5 Å². The van der Waals surface area contributed by atoms with Gasteiger partial charge in [-0.15, -0.1) is 0 Å². The molecule has 3 aromatic heterocycles. The topological polar surface area (TPSA) is 76.9 Å². The first kappa shape index (κ1) is 19.7. The molecule has 0 aliphatic carbocycles. The van der Waals surface area contributed by atoms with Gasteiger partial charge in [0.1, 0.15) is 10.1 Å². The van der Waals surface area contributed by atoms with Crippen molar-refractivity contribution in [3.8, 4) is 0 Å². The Labute approximate surface area is 180 Å². The zero-order valence-electron chi connectivity index (χ0n) is 14.5. The third-order valence-electron chi connectivity index (χ3n) is 3.70. The predicted octanol–water partition coefficient (Wildman–Crippen LogP) is 4.11. The van der Waals surface area contributed by atoms with Gasteiger partial charge in [-0.2, -0.15) is 15.0 Å². The molecule has 0 amide bonds. The average Bonchev–Trinajstić information content (AvgIpc) is 2.72. The Balaban J connectivity index is 1.68. The fraction of sp³-hybridized carbons (Fsp3) is 0.235. The molecule has 0 spiro atoms. The van der Waals surface area contributed by atoms with Crippen LogP contribution < -0.4 is 4.90 Å². The summed E-state index contributed by atoms with van der Waals surface area (Å²) in [5, 5.41) is 3.37. The van der Waals surface area contributed by atoms with Crippen LogP contribution in [0.25, 0.3) is 0 Å². The van der Waals surface area contributed by atoms with E-state index in [1.165, 1.54) is 23.5 Å². The Morgan fingerprint density at radius 3 is 1.86 bits per heavy atom. The molecule has 144 valence electrons. The van der Waals surface area contributed by atoms with E-state index in [0.717, 1.165) is 0 Å². The standard InChI is InChI=1S/C17H14Cl2N6OS2/c18-11-3-1-5-20-13(11)27-16-22-15(25-7-9-26-10-8-25)23-17(24-16)28-14-12(19)4-2-6-21-14/h1-6H,7-10H2. The summed E-state index contributed by atoms with van der Waals surface area (Å²) in [5.41, 5.74) is 0. The van der Waals surface area contributed by atoms with Crippen LogP contribution in [0.3, 0.4) is 0 Å². The number of halogens is 2. The number of hydrogen-bond donors (Lipinski definition) is 0. The van der Waals surface area contributed by atoms with Crippen LogP contribution in [0.4, 0.5) is 5.95 Å². The van der Waals surface area contributed by atoms with E-state index < -0.39 is 0 Å². The van der Waals surface area contributed by atoms with Gasteiger partial charge < -0.3 is 9.64 Å². The molecule has 0 N–H and O–H groups in total. The summed E-state index contributed by atoms with van der Waals surface area (Å²) in [4.78, 5) is 24.4. The summed E-state index contributed by atoms with van der Waals surface area (Å²) in [6, 6.07) is 7.13. The molecule has 1 saturated heterocycles. The van der Waals surface area contributed by atoms with Crippen LogP contribution in [0.1, 0.15) is 0 Å². The first-order chi connectivity index (χ1) is 13.7. The van der Waals surface area contributed by atoms with Gasteiger partial charge >= 0.3 is 0 Å². The lowest BCUT2D eigenvalue weighted by Gasteiger charge is -2.26. The van der Waals surface area contributed by atoms with Gasteiger partial charge in [0.2, 0.25) is 5.95 Å². The largest absolute Gasteiger partial charge is 0.378 e. The SMILES string of the molecule is Clc1cccnc1Sc1nc(Sc2ncccc2Cl)nc(N2CCOCC2)n1. The number of rotatable bonds is 5. The first-order valence-corrected chi connectivity index (χ1v) is 10.7. The highest BCUT2D eigenvalue weighted by Gasteiger charge is 2.19. The highest BCUT2D eigenvalue weighted by Crippen LogP contribution is 2.34. The molecule has 4 heterocycles. The minimum Gasteiger partial charge on any atom is -0.378 e. The van der Waals surface area contributed by atoms with Gasteiger partial charge in [-0.05, 0) is 47.8 Å².